The van der Waals surface area contributed by atoms with Gasteiger partial charge in [-0.05, 0) is 28.8 Å². The maximum Gasteiger partial charge on any atom is 1.00 e. The Labute approximate surface area is 217 Å². The molecule has 0 bridgehead atoms. The summed E-state index contributed by atoms with van der Waals surface area (Å²) >= 11 is 2.76. The molecule has 7 rings (SSSR count). The quantitative estimate of drug-likeness (QED) is 0.314. The van der Waals surface area contributed by atoms with Gasteiger partial charge in [-0.1, -0.05) is 36.4 Å². The van der Waals surface area contributed by atoms with Crippen molar-refractivity contribution < 1.29 is 29.8 Å². The zero-order valence-electron chi connectivity index (χ0n) is 19.7. The number of rotatable bonds is 4. The number of aliphatic hydroxyl groups is 1. The van der Waals surface area contributed by atoms with Gasteiger partial charge in [-0.2, -0.15) is 4.98 Å². The Morgan fingerprint density at radius 3 is 2.86 bits per heavy atom. The number of hydrogen-bond acceptors (Lipinski definition) is 11. The van der Waals surface area contributed by atoms with Gasteiger partial charge in [0.1, 0.15) is 18.3 Å². The van der Waals surface area contributed by atoms with Crippen molar-refractivity contribution in [3.05, 3.63) is 64.4 Å². The summed E-state index contributed by atoms with van der Waals surface area (Å²) in [5, 5.41) is 13.4. The maximum absolute atomic E-state index is 13.5. The lowest BCUT2D eigenvalue weighted by Crippen LogP contribution is -2.41. The van der Waals surface area contributed by atoms with Gasteiger partial charge in [-0.3, -0.25) is 13.9 Å². The first-order valence-corrected chi connectivity index (χ1v) is 14.3. The molecular formula is C22H18N5O7PS2. The van der Waals surface area contributed by atoms with Gasteiger partial charge in [0, 0.05) is 6.20 Å². The molecule has 2 fully saturated rings. The Morgan fingerprint density at radius 2 is 2.08 bits per heavy atom. The predicted octanol–water partition coefficient (Wildman–Crippen LogP) is 2.51. The molecule has 0 saturated carbocycles. The van der Waals surface area contributed by atoms with Gasteiger partial charge in [-0.15, -0.1) is 11.3 Å². The second-order valence-electron chi connectivity index (χ2n) is 8.48. The van der Waals surface area contributed by atoms with Gasteiger partial charge in [0.2, 0.25) is 5.78 Å². The smallest absolute Gasteiger partial charge is 0.756 e. The molecule has 0 radical (unpaired) electrons. The van der Waals surface area contributed by atoms with E-state index in [2.05, 4.69) is 15.0 Å². The lowest BCUT2D eigenvalue weighted by atomic mass is 10.1. The molecule has 15 heteroatoms. The van der Waals surface area contributed by atoms with Crippen molar-refractivity contribution in [2.24, 2.45) is 0 Å². The monoisotopic (exact) mass is 559 g/mol. The van der Waals surface area contributed by atoms with Gasteiger partial charge in [0.15, 0.2) is 22.5 Å². The average Bonchev–Trinajstić information content (AvgIpc) is 3.67. The lowest BCUT2D eigenvalue weighted by Gasteiger charge is -2.34. The number of hydrogen-bond donors (Lipinski definition) is 2. The highest BCUT2D eigenvalue weighted by Gasteiger charge is 2.51. The molecule has 37 heavy (non-hydrogen) atoms. The Kier molecular flexibility index (Phi) is 5.43. The maximum atomic E-state index is 13.5. The zero-order valence-corrected chi connectivity index (χ0v) is 21.2. The van der Waals surface area contributed by atoms with Crippen LogP contribution in [0.3, 0.4) is 0 Å². The number of aromatic amines is 1. The first-order valence-electron chi connectivity index (χ1n) is 11.2. The van der Waals surface area contributed by atoms with Crippen LogP contribution in [0.15, 0.2) is 68.2 Å². The summed E-state index contributed by atoms with van der Waals surface area (Å²) in [4.78, 5) is 37.8. The third-order valence-electron chi connectivity index (χ3n) is 6.20. The van der Waals surface area contributed by atoms with Crippen LogP contribution in [0.4, 0.5) is 0 Å². The van der Waals surface area contributed by atoms with E-state index in [1.807, 2.05) is 47.8 Å². The number of imidazole rings is 2. The van der Waals surface area contributed by atoms with E-state index < -0.39 is 37.9 Å². The molecule has 12 nitrogen and oxygen atoms in total. The number of fused-ring (bicyclic) bond motifs is 3. The summed E-state index contributed by atoms with van der Waals surface area (Å²) in [7, 11) is -4.56. The Hall–Kier alpha value is -2.81. The van der Waals surface area contributed by atoms with Crippen LogP contribution >= 0.6 is 30.9 Å². The van der Waals surface area contributed by atoms with Crippen LogP contribution in [0.2, 0.25) is 0 Å². The molecule has 2 N–H and O–H groups in total. The average molecular weight is 560 g/mol. The number of nitrogens with one attached hydrogen (secondary N) is 1. The summed E-state index contributed by atoms with van der Waals surface area (Å²) in [6.45, 7) is -0.295. The molecule has 2 aliphatic heterocycles. The highest BCUT2D eigenvalue weighted by atomic mass is 32.2. The summed E-state index contributed by atoms with van der Waals surface area (Å²) < 4.78 is 31.4. The minimum Gasteiger partial charge on any atom is -0.756 e. The zero-order chi connectivity index (χ0) is 25.3. The van der Waals surface area contributed by atoms with E-state index in [9.17, 15) is 19.4 Å². The third kappa shape index (κ3) is 3.88. The van der Waals surface area contributed by atoms with Crippen molar-refractivity contribution in [3.8, 4) is 11.3 Å². The van der Waals surface area contributed by atoms with Crippen LogP contribution in [0.25, 0.3) is 28.2 Å². The van der Waals surface area contributed by atoms with Crippen LogP contribution in [-0.2, 0) is 18.3 Å². The highest BCUT2D eigenvalue weighted by molar-refractivity contribution is 8.01. The highest BCUT2D eigenvalue weighted by Crippen LogP contribution is 2.50. The SMILES string of the molecule is O=c1c2nc(Sc3cccs3)n([C@@H]3OC4COP(=O)([O-])O[C@H]4C3O)c2nc2[nH]c(-c3ccccc3)cn12.[H+]. The van der Waals surface area contributed by atoms with Crippen molar-refractivity contribution in [1.29, 1.82) is 0 Å². The van der Waals surface area contributed by atoms with Gasteiger partial charge in [0.25, 0.3) is 13.4 Å². The molecule has 1 aromatic carbocycles. The molecule has 0 aliphatic carbocycles. The van der Waals surface area contributed by atoms with E-state index in [-0.39, 0.29) is 25.0 Å². The second-order valence-corrected chi connectivity index (χ2v) is 12.1. The van der Waals surface area contributed by atoms with E-state index in [1.54, 1.807) is 6.20 Å². The number of phosphoric ester groups is 1. The Bertz CT molecular complexity index is 1740. The van der Waals surface area contributed by atoms with E-state index in [4.69, 9.17) is 13.8 Å². The number of H-pyrrole nitrogens is 1. The van der Waals surface area contributed by atoms with E-state index >= 15 is 0 Å². The Balaban J connectivity index is 0.00000264. The summed E-state index contributed by atoms with van der Waals surface area (Å²) in [6.07, 6.45) is -2.86. The fraction of sp³-hybridized carbons (Fsp3) is 0.227. The molecule has 4 aromatic heterocycles. The third-order valence-corrected chi connectivity index (χ3v) is 9.18. The number of benzene rings is 1. The van der Waals surface area contributed by atoms with Crippen LogP contribution in [-0.4, -0.2) is 53.9 Å². The summed E-state index contributed by atoms with van der Waals surface area (Å²) in [6, 6.07) is 13.3. The van der Waals surface area contributed by atoms with Gasteiger partial charge < -0.3 is 28.8 Å². The number of aromatic nitrogens is 5. The van der Waals surface area contributed by atoms with Gasteiger partial charge in [-0.25, -0.2) is 9.38 Å². The second kappa shape index (κ2) is 8.61. The summed E-state index contributed by atoms with van der Waals surface area (Å²) in [5.41, 5.74) is 1.42. The molecule has 6 heterocycles. The van der Waals surface area contributed by atoms with Crippen LogP contribution in [0.1, 0.15) is 7.65 Å². The molecule has 3 unspecified atom stereocenters. The number of thiophene rings is 1. The molecule has 0 amide bonds. The fourth-order valence-electron chi connectivity index (χ4n) is 4.53. The normalized spacial score (nSPS) is 27.7. The minimum atomic E-state index is -4.56. The van der Waals surface area contributed by atoms with Crippen molar-refractivity contribution >= 4 is 47.9 Å². The lowest BCUT2D eigenvalue weighted by molar-refractivity contribution is -0.245. The van der Waals surface area contributed by atoms with Crippen LogP contribution < -0.4 is 10.5 Å². The van der Waals surface area contributed by atoms with Crippen molar-refractivity contribution in [1.82, 2.24) is 23.9 Å². The van der Waals surface area contributed by atoms with Crippen molar-refractivity contribution in [2.75, 3.05) is 6.61 Å². The first-order chi connectivity index (χ1) is 17.9. The number of phosphoric acid groups is 1. The standard InChI is InChI=1S/C22H18N5O7PS2/c28-16-17-13(10-32-35(30,31)34-17)33-20(16)27-18-15(24-22(27)37-14-7-4-8-36-14)19(29)26-9-12(23-21(26)25-18)11-5-2-1-3-6-11/h1-9,13,16-17,20,28H,10H2,(H,23,25)(H,30,31)/t13?,16?,17-,20-/m1/s1. The molecule has 2 saturated heterocycles. The molecule has 5 aromatic rings. The molecule has 5 atom stereocenters. The predicted molar refractivity (Wildman–Crippen MR) is 132 cm³/mol. The minimum absolute atomic E-state index is 0. The topological polar surface area (TPSA) is 156 Å². The molecule has 190 valence electrons. The largest absolute Gasteiger partial charge is 1.00 e. The van der Waals surface area contributed by atoms with E-state index in [0.717, 1.165) is 9.77 Å². The molecule has 2 aliphatic rings. The van der Waals surface area contributed by atoms with Gasteiger partial charge in [0.05, 0.1) is 16.5 Å². The van der Waals surface area contributed by atoms with E-state index in [1.165, 1.54) is 32.1 Å². The Morgan fingerprint density at radius 1 is 1.24 bits per heavy atom. The van der Waals surface area contributed by atoms with Gasteiger partial charge >= 0.3 is 1.43 Å². The van der Waals surface area contributed by atoms with Crippen LogP contribution in [0.5, 0.6) is 0 Å². The molecule has 0 spiro atoms. The van der Waals surface area contributed by atoms with Crippen LogP contribution in [0, 0.1) is 0 Å². The van der Waals surface area contributed by atoms with E-state index in [0.29, 0.717) is 10.9 Å². The number of nitrogens with zero attached hydrogens (tertiary/aromatic N) is 4. The van der Waals surface area contributed by atoms with Crippen molar-refractivity contribution in [2.45, 2.75) is 33.9 Å². The number of aliphatic hydroxyl groups excluding tert-OH is 1. The summed E-state index contributed by atoms with van der Waals surface area (Å²) in [5.74, 6) is 0.277. The fourth-order valence-corrected chi connectivity index (χ4v) is 7.26. The number of ether oxygens (including phenoxy) is 1. The van der Waals surface area contributed by atoms with Crippen molar-refractivity contribution in [3.63, 3.8) is 0 Å². The first kappa shape index (κ1) is 23.3. The molecular weight excluding hydrogens is 541 g/mol.